The number of aromatic nitrogens is 2. The molecule has 7 heteroatoms. The Morgan fingerprint density at radius 1 is 1.42 bits per heavy atom. The van der Waals surface area contributed by atoms with Crippen molar-refractivity contribution in [3.8, 4) is 5.75 Å². The highest BCUT2D eigenvalue weighted by Gasteiger charge is 2.11. The minimum Gasteiger partial charge on any atom is -0.494 e. The highest BCUT2D eigenvalue weighted by molar-refractivity contribution is 6.29. The standard InChI is InChI=1S/C12H9ClFN3O2/c1-19-9-4-7(2-3-8(9)14)12(18)17-11-6-15-5-10(13)16-11/h2-6H,1H3,(H,16,17,18). The average Bonchev–Trinajstić information content (AvgIpc) is 2.39. The van der Waals surface area contributed by atoms with Crippen molar-refractivity contribution in [3.05, 3.63) is 47.1 Å². The van der Waals surface area contributed by atoms with Crippen molar-refractivity contribution in [2.75, 3.05) is 12.4 Å². The Balaban J connectivity index is 2.20. The largest absolute Gasteiger partial charge is 0.494 e. The second-order valence-electron chi connectivity index (χ2n) is 3.53. The maximum Gasteiger partial charge on any atom is 0.256 e. The van der Waals surface area contributed by atoms with Gasteiger partial charge in [0.2, 0.25) is 0 Å². The fourth-order valence-electron chi connectivity index (χ4n) is 1.39. The minimum atomic E-state index is -0.540. The lowest BCUT2D eigenvalue weighted by Crippen LogP contribution is -2.13. The van der Waals surface area contributed by atoms with Crippen molar-refractivity contribution < 1.29 is 13.9 Å². The van der Waals surface area contributed by atoms with Gasteiger partial charge in [-0.2, -0.15) is 0 Å². The molecule has 0 aliphatic carbocycles. The van der Waals surface area contributed by atoms with Gasteiger partial charge in [0.25, 0.3) is 5.91 Å². The van der Waals surface area contributed by atoms with Gasteiger partial charge in [0.05, 0.1) is 19.5 Å². The molecule has 0 fully saturated rings. The number of nitrogens with zero attached hydrogens (tertiary/aromatic N) is 2. The van der Waals surface area contributed by atoms with Crippen molar-refractivity contribution in [3.63, 3.8) is 0 Å². The fraction of sp³-hybridized carbons (Fsp3) is 0.0833. The predicted molar refractivity (Wildman–Crippen MR) is 67.9 cm³/mol. The summed E-state index contributed by atoms with van der Waals surface area (Å²) in [7, 11) is 1.32. The first-order valence-electron chi connectivity index (χ1n) is 5.22. The van der Waals surface area contributed by atoms with Crippen LogP contribution in [0.4, 0.5) is 10.2 Å². The van der Waals surface area contributed by atoms with Gasteiger partial charge in [-0.1, -0.05) is 11.6 Å². The third-order valence-corrected chi connectivity index (χ3v) is 2.44. The van der Waals surface area contributed by atoms with E-state index in [1.807, 2.05) is 0 Å². The van der Waals surface area contributed by atoms with Gasteiger partial charge in [0.15, 0.2) is 17.4 Å². The van der Waals surface area contributed by atoms with Gasteiger partial charge < -0.3 is 10.1 Å². The quantitative estimate of drug-likeness (QED) is 0.939. The van der Waals surface area contributed by atoms with E-state index in [0.717, 1.165) is 6.07 Å². The van der Waals surface area contributed by atoms with Crippen LogP contribution in [0.5, 0.6) is 5.75 Å². The summed E-state index contributed by atoms with van der Waals surface area (Å²) in [5.41, 5.74) is 0.236. The summed E-state index contributed by atoms with van der Waals surface area (Å²) >= 11 is 5.65. The number of nitrogens with one attached hydrogen (secondary N) is 1. The molecule has 0 aliphatic heterocycles. The van der Waals surface area contributed by atoms with E-state index in [9.17, 15) is 9.18 Å². The van der Waals surface area contributed by atoms with E-state index in [2.05, 4.69) is 15.3 Å². The Bertz CT molecular complexity index is 622. The number of hydrogen-bond donors (Lipinski definition) is 1. The van der Waals surface area contributed by atoms with Gasteiger partial charge in [-0.15, -0.1) is 0 Å². The molecule has 98 valence electrons. The van der Waals surface area contributed by atoms with Crippen molar-refractivity contribution in [1.82, 2.24) is 9.97 Å². The van der Waals surface area contributed by atoms with Crippen LogP contribution < -0.4 is 10.1 Å². The molecule has 2 rings (SSSR count). The second kappa shape index (κ2) is 5.62. The van der Waals surface area contributed by atoms with Gasteiger partial charge in [-0.25, -0.2) is 9.37 Å². The molecule has 0 saturated carbocycles. The molecule has 5 nitrogen and oxygen atoms in total. The Morgan fingerprint density at radius 3 is 2.89 bits per heavy atom. The van der Waals surface area contributed by atoms with Crippen LogP contribution in [0.15, 0.2) is 30.6 Å². The lowest BCUT2D eigenvalue weighted by Gasteiger charge is -2.06. The maximum atomic E-state index is 13.2. The molecular formula is C12H9ClFN3O2. The van der Waals surface area contributed by atoms with Crippen LogP contribution in [0, 0.1) is 5.82 Å². The first-order valence-corrected chi connectivity index (χ1v) is 5.60. The summed E-state index contributed by atoms with van der Waals surface area (Å²) < 4.78 is 18.0. The SMILES string of the molecule is COc1cc(C(=O)Nc2cncc(Cl)n2)ccc1F. The van der Waals surface area contributed by atoms with Crippen LogP contribution in [0.25, 0.3) is 0 Å². The topological polar surface area (TPSA) is 64.1 Å². The zero-order valence-corrected chi connectivity index (χ0v) is 10.6. The molecule has 0 aliphatic rings. The number of anilines is 1. The van der Waals surface area contributed by atoms with Gasteiger partial charge in [-0.3, -0.25) is 9.78 Å². The summed E-state index contributed by atoms with van der Waals surface area (Å²) in [4.78, 5) is 19.6. The average molecular weight is 282 g/mol. The highest BCUT2D eigenvalue weighted by Crippen LogP contribution is 2.19. The molecule has 1 heterocycles. The van der Waals surface area contributed by atoms with Crippen molar-refractivity contribution in [2.45, 2.75) is 0 Å². The first kappa shape index (κ1) is 13.2. The molecule has 2 aromatic rings. The predicted octanol–water partition coefficient (Wildman–Crippen LogP) is 2.53. The van der Waals surface area contributed by atoms with Crippen molar-refractivity contribution in [1.29, 1.82) is 0 Å². The van der Waals surface area contributed by atoms with E-state index in [0.29, 0.717) is 0 Å². The van der Waals surface area contributed by atoms with Crippen molar-refractivity contribution >= 4 is 23.3 Å². The lowest BCUT2D eigenvalue weighted by atomic mass is 10.2. The molecule has 0 unspecified atom stereocenters. The number of methoxy groups -OCH3 is 1. The summed E-state index contributed by atoms with van der Waals surface area (Å²) in [6, 6.07) is 3.78. The van der Waals surface area contributed by atoms with Gasteiger partial charge in [0, 0.05) is 5.56 Å². The number of ether oxygens (including phenoxy) is 1. The summed E-state index contributed by atoms with van der Waals surface area (Å²) in [5.74, 6) is -0.804. The van der Waals surface area contributed by atoms with Gasteiger partial charge in [0.1, 0.15) is 5.15 Å². The highest BCUT2D eigenvalue weighted by atomic mass is 35.5. The van der Waals surface area contributed by atoms with Crippen LogP contribution in [-0.4, -0.2) is 23.0 Å². The monoisotopic (exact) mass is 281 g/mol. The number of halogens is 2. The van der Waals surface area contributed by atoms with Gasteiger partial charge in [-0.05, 0) is 18.2 Å². The third-order valence-electron chi connectivity index (χ3n) is 2.26. The molecule has 0 radical (unpaired) electrons. The molecule has 19 heavy (non-hydrogen) atoms. The van der Waals surface area contributed by atoms with E-state index >= 15 is 0 Å². The number of carbonyl (C=O) groups excluding carboxylic acids is 1. The normalized spacial score (nSPS) is 10.1. The number of benzene rings is 1. The van der Waals surface area contributed by atoms with Gasteiger partial charge >= 0.3 is 0 Å². The molecule has 1 N–H and O–H groups in total. The second-order valence-corrected chi connectivity index (χ2v) is 3.92. The number of carbonyl (C=O) groups is 1. The Hall–Kier alpha value is -2.21. The Kier molecular flexibility index (Phi) is 3.91. The molecule has 1 aromatic heterocycles. The Morgan fingerprint density at radius 2 is 2.21 bits per heavy atom. The third kappa shape index (κ3) is 3.17. The van der Waals surface area contributed by atoms with Crippen LogP contribution in [0.2, 0.25) is 5.15 Å². The van der Waals surface area contributed by atoms with Crippen LogP contribution in [0.1, 0.15) is 10.4 Å². The molecule has 0 saturated heterocycles. The van der Waals surface area contributed by atoms with E-state index in [1.54, 1.807) is 0 Å². The smallest absolute Gasteiger partial charge is 0.256 e. The zero-order valence-electron chi connectivity index (χ0n) is 9.85. The van der Waals surface area contributed by atoms with Crippen LogP contribution in [0.3, 0.4) is 0 Å². The molecular weight excluding hydrogens is 273 g/mol. The Labute approximate surface area is 113 Å². The van der Waals surface area contributed by atoms with E-state index < -0.39 is 11.7 Å². The summed E-state index contributed by atoms with van der Waals surface area (Å²) in [6.45, 7) is 0. The summed E-state index contributed by atoms with van der Waals surface area (Å²) in [6.07, 6.45) is 2.70. The number of rotatable bonds is 3. The fourth-order valence-corrected chi connectivity index (χ4v) is 1.54. The molecule has 1 amide bonds. The molecule has 0 bridgehead atoms. The number of amides is 1. The van der Waals surface area contributed by atoms with Crippen LogP contribution in [-0.2, 0) is 0 Å². The molecule has 0 spiro atoms. The first-order chi connectivity index (χ1) is 9.10. The lowest BCUT2D eigenvalue weighted by molar-refractivity contribution is 0.102. The van der Waals surface area contributed by atoms with Crippen molar-refractivity contribution in [2.24, 2.45) is 0 Å². The minimum absolute atomic E-state index is 0.00942. The maximum absolute atomic E-state index is 13.2. The van der Waals surface area contributed by atoms with Crippen LogP contribution >= 0.6 is 11.6 Å². The number of hydrogen-bond acceptors (Lipinski definition) is 4. The molecule has 0 atom stereocenters. The molecule has 1 aromatic carbocycles. The zero-order chi connectivity index (χ0) is 13.8. The van der Waals surface area contributed by atoms with E-state index in [1.165, 1.54) is 31.6 Å². The van der Waals surface area contributed by atoms with E-state index in [-0.39, 0.29) is 22.3 Å². The van der Waals surface area contributed by atoms with E-state index in [4.69, 9.17) is 16.3 Å². The summed E-state index contributed by atoms with van der Waals surface area (Å²) in [5, 5.41) is 2.66.